The van der Waals surface area contributed by atoms with Gasteiger partial charge in [-0.25, -0.2) is 0 Å². The first-order valence-corrected chi connectivity index (χ1v) is 5.91. The van der Waals surface area contributed by atoms with Gasteiger partial charge >= 0.3 is 11.9 Å². The van der Waals surface area contributed by atoms with E-state index in [1.807, 2.05) is 13.8 Å². The molecule has 1 saturated heterocycles. The zero-order valence-corrected chi connectivity index (χ0v) is 10.4. The van der Waals surface area contributed by atoms with Crippen molar-refractivity contribution in [3.63, 3.8) is 0 Å². The number of esters is 2. The number of carbonyl (C=O) groups excluding carboxylic acids is 2. The number of ether oxygens (including phenoxy) is 2. The molecular weight excluding hydrogens is 299 g/mol. The number of carbonyl (C=O) groups is 2. The maximum Gasteiger partial charge on any atom is 0.312 e. The number of cyclic esters (lactones) is 1. The third-order valence-electron chi connectivity index (χ3n) is 1.98. The molecule has 1 aliphatic heterocycles. The maximum atomic E-state index is 11.6. The van der Waals surface area contributed by atoms with Gasteiger partial charge in [0.15, 0.2) is 0 Å². The van der Waals surface area contributed by atoms with Crippen LogP contribution in [0.5, 0.6) is 0 Å². The van der Waals surface area contributed by atoms with E-state index in [2.05, 4.69) is 22.6 Å². The number of alkyl halides is 1. The van der Waals surface area contributed by atoms with Gasteiger partial charge in [-0.15, -0.1) is 0 Å². The largest absolute Gasteiger partial charge is 0.462 e. The maximum absolute atomic E-state index is 11.6. The first kappa shape index (κ1) is 11.7. The number of halogens is 1. The van der Waals surface area contributed by atoms with E-state index in [9.17, 15) is 9.59 Å². The van der Waals surface area contributed by atoms with Crippen LogP contribution < -0.4 is 0 Å². The van der Waals surface area contributed by atoms with Crippen LogP contribution in [0.1, 0.15) is 20.3 Å². The van der Waals surface area contributed by atoms with Crippen LogP contribution in [0.25, 0.3) is 0 Å². The Bertz CT molecular complexity index is 249. The smallest absolute Gasteiger partial charge is 0.312 e. The molecule has 80 valence electrons. The second kappa shape index (κ2) is 4.46. The topological polar surface area (TPSA) is 52.6 Å². The highest BCUT2D eigenvalue weighted by Gasteiger charge is 2.33. The fourth-order valence-electron chi connectivity index (χ4n) is 0.931. The molecule has 14 heavy (non-hydrogen) atoms. The van der Waals surface area contributed by atoms with Crippen molar-refractivity contribution in [2.24, 2.45) is 5.41 Å². The van der Waals surface area contributed by atoms with Crippen molar-refractivity contribution in [3.8, 4) is 0 Å². The van der Waals surface area contributed by atoms with E-state index in [1.165, 1.54) is 0 Å². The van der Waals surface area contributed by atoms with Crippen LogP contribution >= 0.6 is 22.6 Å². The normalized spacial score (nSPS) is 21.9. The van der Waals surface area contributed by atoms with Crippen molar-refractivity contribution in [1.29, 1.82) is 0 Å². The Balaban J connectivity index is 2.45. The molecule has 0 N–H and O–H groups in total. The molecular formula is C9H13IO4. The average molecular weight is 312 g/mol. The summed E-state index contributed by atoms with van der Waals surface area (Å²) in [6, 6.07) is 0. The molecule has 0 saturated carbocycles. The number of hydrogen-bond donors (Lipinski definition) is 0. The molecule has 5 heteroatoms. The molecule has 1 unspecified atom stereocenters. The average Bonchev–Trinajstić information content (AvgIpc) is 2.51. The lowest BCUT2D eigenvalue weighted by atomic mass is 9.97. The predicted octanol–water partition coefficient (Wildman–Crippen LogP) is 1.31. The summed E-state index contributed by atoms with van der Waals surface area (Å²) in [4.78, 5) is 22.3. The Kier molecular flexibility index (Phi) is 3.74. The predicted molar refractivity (Wildman–Crippen MR) is 58.1 cm³/mol. The highest BCUT2D eigenvalue weighted by molar-refractivity contribution is 14.1. The third kappa shape index (κ3) is 2.83. The lowest BCUT2D eigenvalue weighted by Crippen LogP contribution is -2.32. The second-order valence-corrected chi connectivity index (χ2v) is 4.69. The number of rotatable bonds is 3. The second-order valence-electron chi connectivity index (χ2n) is 3.93. The first-order valence-electron chi connectivity index (χ1n) is 4.38. The summed E-state index contributed by atoms with van der Waals surface area (Å²) in [7, 11) is 0. The van der Waals surface area contributed by atoms with Crippen LogP contribution in [0.2, 0.25) is 0 Å². The van der Waals surface area contributed by atoms with Crippen molar-refractivity contribution >= 4 is 34.5 Å². The van der Waals surface area contributed by atoms with Crippen molar-refractivity contribution in [2.75, 3.05) is 11.0 Å². The Labute approximate surface area is 96.5 Å². The van der Waals surface area contributed by atoms with Crippen molar-refractivity contribution < 1.29 is 19.1 Å². The summed E-state index contributed by atoms with van der Waals surface area (Å²) in [5, 5.41) is 0. The van der Waals surface area contributed by atoms with E-state index in [1.54, 1.807) is 0 Å². The van der Waals surface area contributed by atoms with Crippen LogP contribution in [0, 0.1) is 5.41 Å². The lowest BCUT2D eigenvalue weighted by molar-refractivity contribution is -0.158. The van der Waals surface area contributed by atoms with E-state index in [-0.39, 0.29) is 25.0 Å². The van der Waals surface area contributed by atoms with Gasteiger partial charge < -0.3 is 9.47 Å². The molecule has 0 aromatic heterocycles. The molecule has 0 aliphatic carbocycles. The molecule has 0 bridgehead atoms. The van der Waals surface area contributed by atoms with Crippen LogP contribution in [-0.4, -0.2) is 29.1 Å². The molecule has 1 rings (SSSR count). The SMILES string of the molecule is CC(C)(CI)C(=O)OC1COC(=O)C1. The molecule has 0 spiro atoms. The molecule has 1 atom stereocenters. The van der Waals surface area contributed by atoms with Gasteiger partial charge in [-0.3, -0.25) is 9.59 Å². The van der Waals surface area contributed by atoms with E-state index < -0.39 is 11.5 Å². The van der Waals surface area contributed by atoms with E-state index in [0.717, 1.165) is 0 Å². The van der Waals surface area contributed by atoms with Crippen LogP contribution in [-0.2, 0) is 19.1 Å². The van der Waals surface area contributed by atoms with E-state index in [0.29, 0.717) is 4.43 Å². The minimum Gasteiger partial charge on any atom is -0.462 e. The van der Waals surface area contributed by atoms with Gasteiger partial charge in [0.25, 0.3) is 0 Å². The summed E-state index contributed by atoms with van der Waals surface area (Å²) in [5.41, 5.74) is -0.494. The lowest BCUT2D eigenvalue weighted by Gasteiger charge is -2.21. The van der Waals surface area contributed by atoms with Crippen LogP contribution in [0.4, 0.5) is 0 Å². The van der Waals surface area contributed by atoms with Gasteiger partial charge in [0.2, 0.25) is 0 Å². The Morgan fingerprint density at radius 2 is 2.36 bits per heavy atom. The fraction of sp³-hybridized carbons (Fsp3) is 0.778. The zero-order chi connectivity index (χ0) is 10.8. The highest BCUT2D eigenvalue weighted by atomic mass is 127. The zero-order valence-electron chi connectivity index (χ0n) is 8.21. The summed E-state index contributed by atoms with van der Waals surface area (Å²) in [5.74, 6) is -0.565. The van der Waals surface area contributed by atoms with Gasteiger partial charge in [-0.1, -0.05) is 22.6 Å². The Hall–Kier alpha value is -0.330. The van der Waals surface area contributed by atoms with Crippen molar-refractivity contribution in [2.45, 2.75) is 26.4 Å². The van der Waals surface area contributed by atoms with Gasteiger partial charge in [0, 0.05) is 4.43 Å². The quantitative estimate of drug-likeness (QED) is 0.448. The molecule has 4 nitrogen and oxygen atoms in total. The van der Waals surface area contributed by atoms with Crippen molar-refractivity contribution in [1.82, 2.24) is 0 Å². The van der Waals surface area contributed by atoms with Crippen molar-refractivity contribution in [3.05, 3.63) is 0 Å². The minimum absolute atomic E-state index is 0.184. The van der Waals surface area contributed by atoms with E-state index >= 15 is 0 Å². The van der Waals surface area contributed by atoms with E-state index in [4.69, 9.17) is 9.47 Å². The van der Waals surface area contributed by atoms with Gasteiger partial charge in [0.05, 0.1) is 11.8 Å². The summed E-state index contributed by atoms with van der Waals surface area (Å²) < 4.78 is 10.5. The van der Waals surface area contributed by atoms with Crippen LogP contribution in [0.3, 0.4) is 0 Å². The molecule has 0 aromatic rings. The van der Waals surface area contributed by atoms with Crippen LogP contribution in [0.15, 0.2) is 0 Å². The molecule has 1 heterocycles. The molecule has 0 amide bonds. The summed E-state index contributed by atoms with van der Waals surface area (Å²) in [6.07, 6.45) is -0.208. The van der Waals surface area contributed by atoms with Gasteiger partial charge in [-0.2, -0.15) is 0 Å². The minimum atomic E-state index is -0.494. The highest BCUT2D eigenvalue weighted by Crippen LogP contribution is 2.22. The summed E-state index contributed by atoms with van der Waals surface area (Å²) in [6.45, 7) is 3.83. The molecule has 1 fully saturated rings. The van der Waals surface area contributed by atoms with Gasteiger partial charge in [0.1, 0.15) is 12.7 Å². The molecule has 0 aromatic carbocycles. The molecule has 0 radical (unpaired) electrons. The monoisotopic (exact) mass is 312 g/mol. The Morgan fingerprint density at radius 1 is 1.71 bits per heavy atom. The summed E-state index contributed by atoms with van der Waals surface area (Å²) >= 11 is 2.14. The number of hydrogen-bond acceptors (Lipinski definition) is 4. The standard InChI is InChI=1S/C9H13IO4/c1-9(2,5-10)8(12)14-6-3-7(11)13-4-6/h6H,3-5H2,1-2H3. The van der Waals surface area contributed by atoms with Gasteiger partial charge in [-0.05, 0) is 13.8 Å². The molecule has 1 aliphatic rings. The fourth-order valence-corrected chi connectivity index (χ4v) is 1.24. The Morgan fingerprint density at radius 3 is 2.79 bits per heavy atom. The third-order valence-corrected chi connectivity index (χ3v) is 3.89. The first-order chi connectivity index (χ1) is 6.45.